The quantitative estimate of drug-likeness (QED) is 0.262. The van der Waals surface area contributed by atoms with E-state index < -0.39 is 16.0 Å². The van der Waals surface area contributed by atoms with Crippen LogP contribution in [0.3, 0.4) is 0 Å². The van der Waals surface area contributed by atoms with E-state index in [-0.39, 0.29) is 11.7 Å². The summed E-state index contributed by atoms with van der Waals surface area (Å²) in [6, 6.07) is 11.3. The zero-order valence-electron chi connectivity index (χ0n) is 29.9. The lowest BCUT2D eigenvalue weighted by Gasteiger charge is -2.33. The number of aliphatic hydroxyl groups is 1. The van der Waals surface area contributed by atoms with Gasteiger partial charge in [0.05, 0.1) is 31.9 Å². The molecule has 2 aliphatic rings. The number of rotatable bonds is 8. The minimum Gasteiger partial charge on any atom is -0.464 e. The number of carbonyl (C=O) groups is 2. The molecule has 0 atom stereocenters. The van der Waals surface area contributed by atoms with Crippen LogP contribution in [0.2, 0.25) is 0 Å². The van der Waals surface area contributed by atoms with Crippen LogP contribution < -0.4 is 9.80 Å². The van der Waals surface area contributed by atoms with Crippen LogP contribution in [0.1, 0.15) is 58.0 Å². The Morgan fingerprint density at radius 3 is 1.63 bits per heavy atom. The van der Waals surface area contributed by atoms with E-state index in [1.807, 2.05) is 56.0 Å². The van der Waals surface area contributed by atoms with Gasteiger partial charge in [0.15, 0.2) is 5.69 Å². The summed E-state index contributed by atoms with van der Waals surface area (Å²) in [6.45, 7) is 8.73. The van der Waals surface area contributed by atoms with Crippen molar-refractivity contribution in [2.24, 2.45) is 11.8 Å². The van der Waals surface area contributed by atoms with E-state index in [1.54, 1.807) is 17.7 Å². The van der Waals surface area contributed by atoms with Crippen molar-refractivity contribution in [3.63, 3.8) is 0 Å². The predicted molar refractivity (Wildman–Crippen MR) is 192 cm³/mol. The lowest BCUT2D eigenvalue weighted by atomic mass is 9.96. The molecule has 0 bridgehead atoms. The normalized spacial score (nSPS) is 15.3. The van der Waals surface area contributed by atoms with Gasteiger partial charge in [0, 0.05) is 75.5 Å². The second-order valence-corrected chi connectivity index (χ2v) is 14.4. The molecule has 0 spiro atoms. The van der Waals surface area contributed by atoms with Gasteiger partial charge in [-0.05, 0) is 87.8 Å². The number of carbonyl (C=O) groups excluding carboxylic acids is 2. The zero-order chi connectivity index (χ0) is 37.0. The topological polar surface area (TPSA) is 175 Å². The second-order valence-electron chi connectivity index (χ2n) is 12.6. The Hall–Kier alpha value is -4.83. The average Bonchev–Trinajstić information content (AvgIpc) is 3.74. The molecule has 0 saturated carbocycles. The molecule has 16 heteroatoms. The van der Waals surface area contributed by atoms with Crippen molar-refractivity contribution in [2.75, 3.05) is 63.1 Å². The number of aliphatic hydroxyl groups excluding tert-OH is 1. The van der Waals surface area contributed by atoms with E-state index in [0.29, 0.717) is 33.9 Å². The van der Waals surface area contributed by atoms with Crippen molar-refractivity contribution < 1.29 is 32.6 Å². The first-order valence-electron chi connectivity index (χ1n) is 16.8. The van der Waals surface area contributed by atoms with E-state index >= 15 is 0 Å². The summed E-state index contributed by atoms with van der Waals surface area (Å²) in [4.78, 5) is 35.8. The van der Waals surface area contributed by atoms with Crippen LogP contribution in [0.25, 0.3) is 0 Å². The fourth-order valence-electron chi connectivity index (χ4n) is 6.03. The van der Waals surface area contributed by atoms with Crippen LogP contribution in [0.15, 0.2) is 61.2 Å². The van der Waals surface area contributed by atoms with Crippen molar-refractivity contribution in [1.29, 1.82) is 0 Å². The van der Waals surface area contributed by atoms with Crippen molar-refractivity contribution >= 4 is 33.3 Å². The molecule has 4 aromatic heterocycles. The van der Waals surface area contributed by atoms with Crippen molar-refractivity contribution in [1.82, 2.24) is 28.9 Å². The Kier molecular flexibility index (Phi) is 14.1. The maximum Gasteiger partial charge on any atom is 0.357 e. The molecule has 2 aliphatic heterocycles. The highest BCUT2D eigenvalue weighted by Gasteiger charge is 2.23. The van der Waals surface area contributed by atoms with Gasteiger partial charge >= 0.3 is 11.9 Å². The third kappa shape index (κ3) is 11.1. The number of hydrogen-bond donors (Lipinski definition) is 1. The molecule has 6 rings (SSSR count). The Balaban J connectivity index is 0.000000181. The number of anilines is 2. The lowest BCUT2D eigenvalue weighted by molar-refractivity contribution is 0.0578. The largest absolute Gasteiger partial charge is 0.464 e. The van der Waals surface area contributed by atoms with Crippen LogP contribution in [0.5, 0.6) is 0 Å². The fraction of sp³-hybridized carbons (Fsp3) is 0.486. The molecule has 2 fully saturated rings. The van der Waals surface area contributed by atoms with Gasteiger partial charge < -0.3 is 24.4 Å². The van der Waals surface area contributed by atoms with E-state index in [2.05, 4.69) is 34.7 Å². The van der Waals surface area contributed by atoms with E-state index in [1.165, 1.54) is 31.7 Å². The van der Waals surface area contributed by atoms with E-state index in [9.17, 15) is 18.0 Å². The Morgan fingerprint density at radius 1 is 0.745 bits per heavy atom. The SMILES string of the molecule is COC(=O)c1cc(C)nn1CC1CCN(c2ccncc2)CC1.COC(=O)c1cc(C)nn1S(C)(=O)=O.OCC1CCN(c2ccncc2)CC1. The number of methoxy groups -OCH3 is 2. The number of ether oxygens (including phenoxy) is 2. The molecule has 2 saturated heterocycles. The molecule has 15 nitrogen and oxygen atoms in total. The summed E-state index contributed by atoms with van der Waals surface area (Å²) >= 11 is 0. The Morgan fingerprint density at radius 2 is 1.18 bits per heavy atom. The van der Waals surface area contributed by atoms with Gasteiger partial charge in [-0.3, -0.25) is 14.6 Å². The van der Waals surface area contributed by atoms with Crippen LogP contribution in [0.4, 0.5) is 11.4 Å². The van der Waals surface area contributed by atoms with Crippen LogP contribution in [-0.4, -0.2) is 108 Å². The molecule has 0 radical (unpaired) electrons. The number of pyridine rings is 2. The van der Waals surface area contributed by atoms with Gasteiger partial charge in [-0.1, -0.05) is 0 Å². The highest BCUT2D eigenvalue weighted by atomic mass is 32.2. The van der Waals surface area contributed by atoms with E-state index in [0.717, 1.165) is 70.4 Å². The standard InChI is InChI=1S/C17H22N4O2.C11H16N2O.C7H10N2O4S/c1-13-11-16(17(22)23-2)21(19-13)12-14-5-9-20(10-6-14)15-3-7-18-8-4-15;14-9-10-3-7-13(8-4-10)11-1-5-12-6-2-11;1-5-4-6(7(10)13-2)9(8-5)14(3,11)12/h3-4,7-8,11,14H,5-6,9-10,12H2,1-2H3;1-2,5-6,10,14H,3-4,7-9H2;4H,1-3H3. The van der Waals surface area contributed by atoms with Crippen molar-refractivity contribution in [3.05, 3.63) is 84.0 Å². The summed E-state index contributed by atoms with van der Waals surface area (Å²) in [5, 5.41) is 17.1. The van der Waals surface area contributed by atoms with Crippen LogP contribution >= 0.6 is 0 Å². The fourth-order valence-corrected chi connectivity index (χ4v) is 6.79. The summed E-state index contributed by atoms with van der Waals surface area (Å²) in [5.41, 5.74) is 4.21. The third-order valence-corrected chi connectivity index (χ3v) is 9.69. The molecule has 1 N–H and O–H groups in total. The first-order valence-corrected chi connectivity index (χ1v) is 18.7. The summed E-state index contributed by atoms with van der Waals surface area (Å²) < 4.78 is 34.1. The van der Waals surface area contributed by atoms with Crippen LogP contribution in [0, 0.1) is 25.7 Å². The number of aromatic nitrogens is 6. The van der Waals surface area contributed by atoms with Gasteiger partial charge in [-0.2, -0.15) is 14.3 Å². The lowest BCUT2D eigenvalue weighted by Crippen LogP contribution is -2.35. The van der Waals surface area contributed by atoms with Gasteiger partial charge in [0.1, 0.15) is 5.69 Å². The summed E-state index contributed by atoms with van der Waals surface area (Å²) in [5.74, 6) is -0.0141. The maximum atomic E-state index is 11.8. The molecule has 276 valence electrons. The molecule has 0 aliphatic carbocycles. The third-order valence-electron chi connectivity index (χ3n) is 8.78. The highest BCUT2D eigenvalue weighted by molar-refractivity contribution is 7.89. The minimum absolute atomic E-state index is 0.0903. The molecule has 0 amide bonds. The van der Waals surface area contributed by atoms with Crippen molar-refractivity contribution in [2.45, 2.75) is 46.1 Å². The smallest absolute Gasteiger partial charge is 0.357 e. The van der Waals surface area contributed by atoms with Gasteiger partial charge in [-0.15, -0.1) is 0 Å². The summed E-state index contributed by atoms with van der Waals surface area (Å²) in [6.07, 6.45) is 12.6. The Bertz CT molecular complexity index is 1800. The molecule has 0 unspecified atom stereocenters. The molecule has 4 aromatic rings. The zero-order valence-corrected chi connectivity index (χ0v) is 30.7. The number of hydrogen-bond acceptors (Lipinski definition) is 13. The van der Waals surface area contributed by atoms with Gasteiger partial charge in [-0.25, -0.2) is 18.0 Å². The highest BCUT2D eigenvalue weighted by Crippen LogP contribution is 2.25. The minimum atomic E-state index is -3.56. The molecular formula is C35H48N8O7S. The van der Waals surface area contributed by atoms with E-state index in [4.69, 9.17) is 9.84 Å². The summed E-state index contributed by atoms with van der Waals surface area (Å²) in [7, 11) is -0.980. The van der Waals surface area contributed by atoms with Gasteiger partial charge in [0.25, 0.3) is 10.0 Å². The monoisotopic (exact) mass is 724 g/mol. The van der Waals surface area contributed by atoms with Crippen LogP contribution in [-0.2, 0) is 26.0 Å². The first kappa shape index (κ1) is 39.0. The second kappa shape index (κ2) is 18.4. The molecule has 51 heavy (non-hydrogen) atoms. The first-order chi connectivity index (χ1) is 24.4. The van der Waals surface area contributed by atoms with Crippen molar-refractivity contribution in [3.8, 4) is 0 Å². The number of piperidine rings is 2. The number of nitrogens with zero attached hydrogens (tertiary/aromatic N) is 8. The molecule has 0 aromatic carbocycles. The average molecular weight is 725 g/mol. The Labute approximate surface area is 299 Å². The van der Waals surface area contributed by atoms with Gasteiger partial charge in [0.2, 0.25) is 0 Å². The number of esters is 2. The predicted octanol–water partition coefficient (Wildman–Crippen LogP) is 3.37. The number of aryl methyl sites for hydroxylation is 2. The molecule has 6 heterocycles. The molecular weight excluding hydrogens is 677 g/mol. The maximum absolute atomic E-state index is 11.8.